The Kier molecular flexibility index (Phi) is 1.93. The summed E-state index contributed by atoms with van der Waals surface area (Å²) in [6, 6.07) is 4.24. The fraction of sp³-hybridized carbons (Fsp3) is 0.143. The van der Waals surface area contributed by atoms with E-state index in [0.29, 0.717) is 11.4 Å². The lowest BCUT2D eigenvalue weighted by Gasteiger charge is -1.94. The minimum Gasteiger partial charge on any atom is -0.508 e. The van der Waals surface area contributed by atoms with Crippen LogP contribution in [0.3, 0.4) is 0 Å². The van der Waals surface area contributed by atoms with Gasteiger partial charge in [-0.3, -0.25) is 0 Å². The van der Waals surface area contributed by atoms with Gasteiger partial charge in [-0.05, 0) is 6.07 Å². The van der Waals surface area contributed by atoms with Crippen molar-refractivity contribution in [2.24, 2.45) is 0 Å². The molecule has 0 aliphatic carbocycles. The molecule has 0 unspecified atom stereocenters. The summed E-state index contributed by atoms with van der Waals surface area (Å²) in [4.78, 5) is 2.95. The van der Waals surface area contributed by atoms with Gasteiger partial charge in [0.2, 0.25) is 11.1 Å². The molecular weight excluding hydrogens is 144 g/mol. The summed E-state index contributed by atoms with van der Waals surface area (Å²) in [5.74, 6) is 0.418. The maximum absolute atomic E-state index is 8.96. The van der Waals surface area contributed by atoms with E-state index in [-0.39, 0.29) is 5.75 Å². The highest BCUT2D eigenvalue weighted by atomic mass is 16.5. The fourth-order valence-corrected chi connectivity index (χ4v) is 0.749. The predicted octanol–water partition coefficient (Wildman–Crippen LogP) is 1.89. The molecule has 0 heterocycles. The Morgan fingerprint density at radius 2 is 2.27 bits per heavy atom. The molecule has 0 aliphatic rings. The van der Waals surface area contributed by atoms with E-state index < -0.39 is 0 Å². The molecule has 0 fully saturated rings. The minimum absolute atomic E-state index is 0.0780. The highest BCUT2D eigenvalue weighted by Crippen LogP contribution is 2.30. The second-order valence-electron chi connectivity index (χ2n) is 1.96. The molecule has 0 aliphatic heterocycles. The predicted molar refractivity (Wildman–Crippen MR) is 39.4 cm³/mol. The lowest BCUT2D eigenvalue weighted by Crippen LogP contribution is -1.81. The summed E-state index contributed by atoms with van der Waals surface area (Å²) >= 11 is 0. The summed E-state index contributed by atoms with van der Waals surface area (Å²) in [5.41, 5.74) is 0.297. The van der Waals surface area contributed by atoms with Crippen LogP contribution in [-0.2, 0) is 0 Å². The molecule has 0 spiro atoms. The van der Waals surface area contributed by atoms with Crippen molar-refractivity contribution in [1.29, 1.82) is 5.39 Å². The van der Waals surface area contributed by atoms with Crippen LogP contribution in [0.5, 0.6) is 11.5 Å². The molecular formula is C7H7N2O2+. The van der Waals surface area contributed by atoms with Crippen LogP contribution < -0.4 is 4.74 Å². The van der Waals surface area contributed by atoms with Crippen molar-refractivity contribution in [3.63, 3.8) is 0 Å². The Bertz CT molecular complexity index is 304. The number of rotatable bonds is 1. The Morgan fingerprint density at radius 1 is 1.55 bits per heavy atom. The maximum atomic E-state index is 8.96. The van der Waals surface area contributed by atoms with Gasteiger partial charge in [-0.2, -0.15) is 0 Å². The number of phenolic OH excluding ortho intramolecular Hbond substituents is 1. The zero-order valence-corrected chi connectivity index (χ0v) is 5.98. The number of phenols is 1. The van der Waals surface area contributed by atoms with Crippen molar-refractivity contribution in [2.45, 2.75) is 0 Å². The number of methoxy groups -OCH3 is 1. The topological polar surface area (TPSA) is 57.6 Å². The quantitative estimate of drug-likeness (QED) is 0.623. The zero-order valence-electron chi connectivity index (χ0n) is 5.98. The van der Waals surface area contributed by atoms with E-state index in [1.54, 1.807) is 0 Å². The van der Waals surface area contributed by atoms with Crippen molar-refractivity contribution < 1.29 is 9.84 Å². The third kappa shape index (κ3) is 1.38. The first-order chi connectivity index (χ1) is 5.27. The Balaban J connectivity index is 3.19. The number of benzene rings is 1. The van der Waals surface area contributed by atoms with Gasteiger partial charge in [-0.25, -0.2) is 0 Å². The molecule has 4 heteroatoms. The zero-order chi connectivity index (χ0) is 8.27. The second kappa shape index (κ2) is 2.88. The Hall–Kier alpha value is -1.76. The molecule has 56 valence electrons. The summed E-state index contributed by atoms with van der Waals surface area (Å²) < 4.78 is 4.80. The number of hydrogen-bond donors (Lipinski definition) is 1. The molecule has 0 aromatic heterocycles. The van der Waals surface area contributed by atoms with Crippen LogP contribution in [0.25, 0.3) is 4.98 Å². The summed E-state index contributed by atoms with van der Waals surface area (Å²) in [6.07, 6.45) is 0. The normalized spacial score (nSPS) is 8.73. The van der Waals surface area contributed by atoms with Crippen LogP contribution in [0.2, 0.25) is 0 Å². The molecule has 11 heavy (non-hydrogen) atoms. The molecule has 0 saturated heterocycles. The maximum Gasteiger partial charge on any atom is 0.426 e. The SMILES string of the molecule is COc1cc(O)ccc1[N+]#N. The minimum atomic E-state index is 0.0780. The molecule has 0 bridgehead atoms. The third-order valence-electron chi connectivity index (χ3n) is 1.27. The van der Waals surface area contributed by atoms with Gasteiger partial charge in [-0.1, -0.05) is 0 Å². The van der Waals surface area contributed by atoms with Crippen LogP contribution >= 0.6 is 0 Å². The van der Waals surface area contributed by atoms with Crippen LogP contribution in [0, 0.1) is 5.39 Å². The molecule has 1 aromatic rings. The number of nitrogens with zero attached hydrogens (tertiary/aromatic N) is 2. The van der Waals surface area contributed by atoms with Crippen LogP contribution in [0.15, 0.2) is 18.2 Å². The molecule has 4 nitrogen and oxygen atoms in total. The molecule has 1 aromatic carbocycles. The Labute approximate surface area is 63.7 Å². The van der Waals surface area contributed by atoms with Crippen molar-refractivity contribution >= 4 is 5.69 Å². The largest absolute Gasteiger partial charge is 0.508 e. The van der Waals surface area contributed by atoms with E-state index >= 15 is 0 Å². The van der Waals surface area contributed by atoms with E-state index in [4.69, 9.17) is 15.2 Å². The molecule has 0 amide bonds. The Morgan fingerprint density at radius 3 is 2.82 bits per heavy atom. The van der Waals surface area contributed by atoms with E-state index in [1.807, 2.05) is 0 Å². The lowest BCUT2D eigenvalue weighted by molar-refractivity contribution is 0.410. The number of aromatic hydroxyl groups is 1. The van der Waals surface area contributed by atoms with Crippen molar-refractivity contribution in [2.75, 3.05) is 7.11 Å². The average Bonchev–Trinajstić information content (AvgIpc) is 2.04. The van der Waals surface area contributed by atoms with Gasteiger partial charge in [0.25, 0.3) is 0 Å². The monoisotopic (exact) mass is 151 g/mol. The second-order valence-corrected chi connectivity index (χ2v) is 1.96. The smallest absolute Gasteiger partial charge is 0.426 e. The van der Waals surface area contributed by atoms with Crippen molar-refractivity contribution in [1.82, 2.24) is 0 Å². The van der Waals surface area contributed by atoms with Crippen LogP contribution in [0.4, 0.5) is 5.69 Å². The number of ether oxygens (including phenoxy) is 1. The van der Waals surface area contributed by atoms with E-state index in [1.165, 1.54) is 25.3 Å². The van der Waals surface area contributed by atoms with Gasteiger partial charge < -0.3 is 9.84 Å². The molecule has 0 radical (unpaired) electrons. The third-order valence-corrected chi connectivity index (χ3v) is 1.27. The van der Waals surface area contributed by atoms with Gasteiger partial charge in [-0.15, -0.1) is 0 Å². The van der Waals surface area contributed by atoms with E-state index in [2.05, 4.69) is 4.98 Å². The van der Waals surface area contributed by atoms with Crippen molar-refractivity contribution in [3.05, 3.63) is 23.2 Å². The highest BCUT2D eigenvalue weighted by molar-refractivity contribution is 5.59. The van der Waals surface area contributed by atoms with Gasteiger partial charge in [0.1, 0.15) is 5.75 Å². The first-order valence-corrected chi connectivity index (χ1v) is 3.00. The first kappa shape index (κ1) is 7.35. The van der Waals surface area contributed by atoms with Gasteiger partial charge in [0, 0.05) is 12.1 Å². The van der Waals surface area contributed by atoms with Gasteiger partial charge in [0.05, 0.1) is 7.11 Å². The van der Waals surface area contributed by atoms with Crippen LogP contribution in [-0.4, -0.2) is 12.2 Å². The van der Waals surface area contributed by atoms with Crippen LogP contribution in [0.1, 0.15) is 0 Å². The van der Waals surface area contributed by atoms with E-state index in [9.17, 15) is 0 Å². The number of diazo groups is 1. The lowest BCUT2D eigenvalue weighted by atomic mass is 10.3. The van der Waals surface area contributed by atoms with Crippen molar-refractivity contribution in [3.8, 4) is 11.5 Å². The number of hydrogen-bond acceptors (Lipinski definition) is 3. The van der Waals surface area contributed by atoms with E-state index in [0.717, 1.165) is 0 Å². The molecule has 0 saturated carbocycles. The average molecular weight is 151 g/mol. The first-order valence-electron chi connectivity index (χ1n) is 3.00. The van der Waals surface area contributed by atoms with Gasteiger partial charge >= 0.3 is 5.69 Å². The molecule has 1 rings (SSSR count). The van der Waals surface area contributed by atoms with Gasteiger partial charge in [0.15, 0.2) is 4.98 Å². The molecule has 0 atom stereocenters. The standard InChI is InChI=1S/C7H6N2O2/c1-11-7-4-5(10)2-3-6(7)9-8/h2-4H,1H3/p+1. The highest BCUT2D eigenvalue weighted by Gasteiger charge is 2.13. The summed E-state index contributed by atoms with van der Waals surface area (Å²) in [5, 5.41) is 17.4. The summed E-state index contributed by atoms with van der Waals surface area (Å²) in [6.45, 7) is 0. The summed E-state index contributed by atoms with van der Waals surface area (Å²) in [7, 11) is 1.43. The molecule has 1 N–H and O–H groups in total. The fourth-order valence-electron chi connectivity index (χ4n) is 0.749.